The van der Waals surface area contributed by atoms with E-state index in [2.05, 4.69) is 8.09 Å². The maximum atomic E-state index is 5.55. The topological polar surface area (TPSA) is 22.4 Å². The molecule has 0 unspecified atom stereocenters. The van der Waals surface area contributed by atoms with Gasteiger partial charge in [-0.3, -0.25) is 0 Å². The first-order valence-electron chi connectivity index (χ1n) is 4.35. The zero-order valence-corrected chi connectivity index (χ0v) is 10.0. The van der Waals surface area contributed by atoms with Gasteiger partial charge in [-0.25, -0.2) is 0 Å². The van der Waals surface area contributed by atoms with E-state index in [1.54, 1.807) is 0 Å². The van der Waals surface area contributed by atoms with Gasteiger partial charge in [0.15, 0.2) is 0 Å². The van der Waals surface area contributed by atoms with Gasteiger partial charge >= 0.3 is 0 Å². The quantitative estimate of drug-likeness (QED) is 0.800. The first kappa shape index (κ1) is 9.71. The monoisotopic (exact) mass is 302 g/mol. The van der Waals surface area contributed by atoms with E-state index in [0.717, 1.165) is 17.3 Å². The Labute approximate surface area is 93.0 Å². The number of aryl methyl sites for hydroxylation is 1. The second kappa shape index (κ2) is 4.59. The highest BCUT2D eigenvalue weighted by atomic mass is 127. The van der Waals surface area contributed by atoms with Crippen LogP contribution in [-0.4, -0.2) is 4.01 Å². The fraction of sp³-hybridized carbons (Fsp3) is 0.182. The summed E-state index contributed by atoms with van der Waals surface area (Å²) in [6, 6.07) is 3.89. The van der Waals surface area contributed by atoms with Gasteiger partial charge in [0, 0.05) is 0 Å². The summed E-state index contributed by atoms with van der Waals surface area (Å²) >= 11 is 0.140. The molecule has 0 fully saturated rings. The van der Waals surface area contributed by atoms with E-state index in [1.165, 1.54) is 0 Å². The lowest BCUT2D eigenvalue weighted by atomic mass is 10.4. The molecule has 0 spiro atoms. The van der Waals surface area contributed by atoms with Crippen molar-refractivity contribution in [1.29, 1.82) is 0 Å². The molecule has 0 saturated carbocycles. The summed E-state index contributed by atoms with van der Waals surface area (Å²) in [5, 5.41) is 0. The number of hydrogen-bond donors (Lipinski definition) is 0. The normalized spacial score (nSPS) is 14.8. The average Bonchev–Trinajstić information content (AvgIpc) is 2.63. The minimum atomic E-state index is 0.140. The second-order valence-corrected chi connectivity index (χ2v) is 5.07. The van der Waals surface area contributed by atoms with Crippen LogP contribution in [-0.2, 0) is 11.3 Å². The minimum Gasteiger partial charge on any atom is -0.486 e. The van der Waals surface area contributed by atoms with E-state index >= 15 is 0 Å². The van der Waals surface area contributed by atoms with Crippen LogP contribution in [0, 0.1) is 6.92 Å². The third-order valence-electron chi connectivity index (χ3n) is 1.78. The Hall–Kier alpha value is -0.840. The van der Waals surface area contributed by atoms with Crippen molar-refractivity contribution in [3.05, 3.63) is 45.6 Å². The minimum absolute atomic E-state index is 0.140. The fourth-order valence-corrected chi connectivity index (χ4v) is 2.47. The predicted octanol–water partition coefficient (Wildman–Crippen LogP) is 3.29. The molecule has 2 nitrogen and oxygen atoms in total. The SMILES string of the molecule is Cc1ccc(COC2=CC=IC=C2)o1. The molecular formula is C11H11IO2. The molecule has 3 heteroatoms. The molecule has 1 aromatic rings. The van der Waals surface area contributed by atoms with E-state index in [0.29, 0.717) is 6.61 Å². The van der Waals surface area contributed by atoms with E-state index < -0.39 is 0 Å². The van der Waals surface area contributed by atoms with Gasteiger partial charge in [-0.05, 0) is 39.3 Å². The van der Waals surface area contributed by atoms with Crippen LogP contribution in [0.5, 0.6) is 0 Å². The number of furan rings is 1. The summed E-state index contributed by atoms with van der Waals surface area (Å²) in [7, 11) is 0. The van der Waals surface area contributed by atoms with Crippen LogP contribution >= 0.6 is 20.7 Å². The average molecular weight is 302 g/mol. The molecule has 0 bridgehead atoms. The number of halogens is 1. The molecule has 0 radical (unpaired) electrons. The Bertz CT molecular complexity index is 399. The fourth-order valence-electron chi connectivity index (χ4n) is 1.11. The van der Waals surface area contributed by atoms with E-state index in [1.807, 2.05) is 31.2 Å². The van der Waals surface area contributed by atoms with E-state index in [-0.39, 0.29) is 20.7 Å². The van der Waals surface area contributed by atoms with Crippen LogP contribution < -0.4 is 0 Å². The molecule has 0 saturated heterocycles. The Morgan fingerprint density at radius 3 is 3.00 bits per heavy atom. The molecule has 0 atom stereocenters. The molecule has 74 valence electrons. The molecule has 0 aliphatic carbocycles. The van der Waals surface area contributed by atoms with Gasteiger partial charge < -0.3 is 9.15 Å². The van der Waals surface area contributed by atoms with Crippen molar-refractivity contribution in [3.63, 3.8) is 0 Å². The first-order valence-corrected chi connectivity index (χ1v) is 6.84. The first-order chi connectivity index (χ1) is 6.84. The number of allylic oxidation sites excluding steroid dienone is 2. The van der Waals surface area contributed by atoms with Crippen LogP contribution in [0.2, 0.25) is 0 Å². The van der Waals surface area contributed by atoms with Gasteiger partial charge in [0.05, 0.1) is 0 Å². The van der Waals surface area contributed by atoms with Crippen LogP contribution in [0.15, 0.2) is 38.5 Å². The zero-order valence-electron chi connectivity index (χ0n) is 7.87. The summed E-state index contributed by atoms with van der Waals surface area (Å²) in [5.41, 5.74) is 0. The second-order valence-electron chi connectivity index (χ2n) is 2.91. The molecular weight excluding hydrogens is 291 g/mol. The van der Waals surface area contributed by atoms with Gasteiger partial charge in [0.25, 0.3) is 0 Å². The summed E-state index contributed by atoms with van der Waals surface area (Å²) < 4.78 is 15.3. The van der Waals surface area contributed by atoms with Crippen molar-refractivity contribution in [2.24, 2.45) is 0 Å². The van der Waals surface area contributed by atoms with Gasteiger partial charge in [-0.2, -0.15) is 0 Å². The van der Waals surface area contributed by atoms with Crippen molar-refractivity contribution in [2.75, 3.05) is 0 Å². The Balaban J connectivity index is 1.91. The highest BCUT2D eigenvalue weighted by Crippen LogP contribution is 2.14. The maximum Gasteiger partial charge on any atom is 0.146 e. The van der Waals surface area contributed by atoms with Crippen LogP contribution in [0.4, 0.5) is 0 Å². The maximum absolute atomic E-state index is 5.55. The molecule has 1 aliphatic heterocycles. The third kappa shape index (κ3) is 2.57. The molecule has 0 N–H and O–H groups in total. The van der Waals surface area contributed by atoms with Crippen LogP contribution in [0.1, 0.15) is 11.5 Å². The standard InChI is InChI=1S/C11H11IO2/c1-9-2-3-11(14-9)8-13-10-4-6-12-7-5-10/h2-7H,8H2,1H3. The molecule has 0 aromatic carbocycles. The highest BCUT2D eigenvalue weighted by molar-refractivity contribution is 14.2. The Morgan fingerprint density at radius 1 is 1.43 bits per heavy atom. The van der Waals surface area contributed by atoms with Gasteiger partial charge in [0.1, 0.15) is 23.9 Å². The van der Waals surface area contributed by atoms with Crippen molar-refractivity contribution >= 4 is 24.7 Å². The lowest BCUT2D eigenvalue weighted by molar-refractivity contribution is 0.187. The molecule has 14 heavy (non-hydrogen) atoms. The number of ether oxygens (including phenoxy) is 1. The van der Waals surface area contributed by atoms with Crippen molar-refractivity contribution < 1.29 is 9.15 Å². The summed E-state index contributed by atoms with van der Waals surface area (Å²) in [6.07, 6.45) is 4.06. The summed E-state index contributed by atoms with van der Waals surface area (Å²) in [4.78, 5) is 0. The molecule has 2 heterocycles. The lowest BCUT2D eigenvalue weighted by Crippen LogP contribution is -1.91. The molecule has 1 aromatic heterocycles. The van der Waals surface area contributed by atoms with E-state index in [4.69, 9.17) is 9.15 Å². The largest absolute Gasteiger partial charge is 0.486 e. The van der Waals surface area contributed by atoms with Gasteiger partial charge in [-0.15, -0.1) is 0 Å². The predicted molar refractivity (Wildman–Crippen MR) is 65.5 cm³/mol. The highest BCUT2D eigenvalue weighted by Gasteiger charge is 2.00. The third-order valence-corrected chi connectivity index (χ3v) is 3.33. The van der Waals surface area contributed by atoms with Crippen LogP contribution in [0.25, 0.3) is 0 Å². The Kier molecular flexibility index (Phi) is 3.18. The number of hydrogen-bond acceptors (Lipinski definition) is 2. The molecule has 0 amide bonds. The summed E-state index contributed by atoms with van der Waals surface area (Å²) in [6.45, 7) is 2.44. The number of rotatable bonds is 3. The Morgan fingerprint density at radius 2 is 2.36 bits per heavy atom. The molecule has 1 aliphatic rings. The van der Waals surface area contributed by atoms with Crippen molar-refractivity contribution in [1.82, 2.24) is 0 Å². The van der Waals surface area contributed by atoms with Crippen molar-refractivity contribution in [3.8, 4) is 0 Å². The van der Waals surface area contributed by atoms with Gasteiger partial charge in [0.2, 0.25) is 0 Å². The van der Waals surface area contributed by atoms with Gasteiger partial charge in [-0.1, -0.05) is 20.7 Å². The lowest BCUT2D eigenvalue weighted by Gasteiger charge is -2.05. The summed E-state index contributed by atoms with van der Waals surface area (Å²) in [5.74, 6) is 2.72. The van der Waals surface area contributed by atoms with Crippen molar-refractivity contribution in [2.45, 2.75) is 13.5 Å². The van der Waals surface area contributed by atoms with Crippen LogP contribution in [0.3, 0.4) is 0 Å². The zero-order chi connectivity index (χ0) is 9.80. The smallest absolute Gasteiger partial charge is 0.146 e. The molecule has 2 rings (SSSR count). The van der Waals surface area contributed by atoms with E-state index in [9.17, 15) is 0 Å².